The standard InChI is InChI=1S/C18H27F2N5O2/c19-17(20)15-9-14(23-18-21-11-22-25(15)18)12-3-1-7-24(10-12)16(26)6-5-13-4-2-8-27-13/h11-15,17H,1-10H2,(H,21,22,23)/t12?,13?,14-,15+/m0/s1. The molecule has 4 atom stereocenters. The number of carbonyl (C=O) groups is 1. The summed E-state index contributed by atoms with van der Waals surface area (Å²) in [6.45, 7) is 2.17. The van der Waals surface area contributed by atoms with Crippen molar-refractivity contribution >= 4 is 11.9 Å². The van der Waals surface area contributed by atoms with Gasteiger partial charge < -0.3 is 15.0 Å². The fourth-order valence-electron chi connectivity index (χ4n) is 4.58. The molecule has 7 nitrogen and oxygen atoms in total. The number of nitrogens with zero attached hydrogens (tertiary/aromatic N) is 4. The Bertz CT molecular complexity index is 649. The van der Waals surface area contributed by atoms with Gasteiger partial charge in [-0.05, 0) is 44.4 Å². The van der Waals surface area contributed by atoms with Crippen molar-refractivity contribution in [3.8, 4) is 0 Å². The van der Waals surface area contributed by atoms with Crippen LogP contribution in [-0.4, -0.2) is 63.8 Å². The molecule has 0 saturated carbocycles. The highest BCUT2D eigenvalue weighted by Crippen LogP contribution is 2.35. The Balaban J connectivity index is 1.36. The number of aromatic nitrogens is 3. The van der Waals surface area contributed by atoms with Crippen molar-refractivity contribution in [2.45, 2.75) is 69.6 Å². The molecule has 1 aromatic rings. The Morgan fingerprint density at radius 1 is 1.37 bits per heavy atom. The van der Waals surface area contributed by atoms with Crippen molar-refractivity contribution in [3.63, 3.8) is 0 Å². The van der Waals surface area contributed by atoms with Crippen molar-refractivity contribution in [3.05, 3.63) is 6.33 Å². The number of rotatable bonds is 5. The predicted molar refractivity (Wildman–Crippen MR) is 94.6 cm³/mol. The second-order valence-corrected chi connectivity index (χ2v) is 7.83. The highest BCUT2D eigenvalue weighted by molar-refractivity contribution is 5.76. The number of likely N-dealkylation sites (tertiary alicyclic amines) is 1. The van der Waals surface area contributed by atoms with Gasteiger partial charge in [0.15, 0.2) is 0 Å². The summed E-state index contributed by atoms with van der Waals surface area (Å²) >= 11 is 0. The first-order valence-corrected chi connectivity index (χ1v) is 9.95. The number of fused-ring (bicyclic) bond motifs is 1. The van der Waals surface area contributed by atoms with Crippen LogP contribution in [0, 0.1) is 5.92 Å². The number of piperidine rings is 1. The average molecular weight is 383 g/mol. The van der Waals surface area contributed by atoms with Crippen LogP contribution in [0.25, 0.3) is 0 Å². The molecule has 0 aromatic carbocycles. The minimum Gasteiger partial charge on any atom is -0.378 e. The summed E-state index contributed by atoms with van der Waals surface area (Å²) in [6.07, 6.45) is 4.57. The molecule has 2 saturated heterocycles. The number of hydrogen-bond acceptors (Lipinski definition) is 5. The predicted octanol–water partition coefficient (Wildman–Crippen LogP) is 2.47. The van der Waals surface area contributed by atoms with Crippen LogP contribution in [0.3, 0.4) is 0 Å². The second-order valence-electron chi connectivity index (χ2n) is 7.83. The number of carbonyl (C=O) groups excluding carboxylic acids is 1. The van der Waals surface area contributed by atoms with Crippen LogP contribution in [0.4, 0.5) is 14.7 Å². The molecule has 2 fully saturated rings. The fourth-order valence-corrected chi connectivity index (χ4v) is 4.58. The number of hydrogen-bond donors (Lipinski definition) is 1. The average Bonchev–Trinajstić information content (AvgIpc) is 3.36. The minimum absolute atomic E-state index is 0.116. The van der Waals surface area contributed by atoms with E-state index >= 15 is 0 Å². The molecule has 150 valence electrons. The van der Waals surface area contributed by atoms with Crippen LogP contribution in [0.1, 0.15) is 51.0 Å². The number of nitrogens with one attached hydrogen (secondary N) is 1. The van der Waals surface area contributed by atoms with E-state index in [2.05, 4.69) is 15.4 Å². The highest BCUT2D eigenvalue weighted by Gasteiger charge is 2.39. The molecule has 0 spiro atoms. The highest BCUT2D eigenvalue weighted by atomic mass is 19.3. The first kappa shape index (κ1) is 18.6. The van der Waals surface area contributed by atoms with Crippen molar-refractivity contribution in [2.75, 3.05) is 25.0 Å². The molecular weight excluding hydrogens is 356 g/mol. The number of ether oxygens (including phenoxy) is 1. The van der Waals surface area contributed by atoms with Gasteiger partial charge in [0.05, 0.1) is 6.10 Å². The third kappa shape index (κ3) is 4.07. The molecule has 0 aliphatic carbocycles. The van der Waals surface area contributed by atoms with Crippen LogP contribution in [0.5, 0.6) is 0 Å². The molecule has 3 aliphatic rings. The maximum absolute atomic E-state index is 13.5. The van der Waals surface area contributed by atoms with Crippen LogP contribution < -0.4 is 5.32 Å². The van der Waals surface area contributed by atoms with E-state index in [1.165, 1.54) is 11.0 Å². The largest absolute Gasteiger partial charge is 0.378 e. The normalized spacial score (nSPS) is 31.0. The van der Waals surface area contributed by atoms with Crippen molar-refractivity contribution in [1.29, 1.82) is 0 Å². The Morgan fingerprint density at radius 3 is 3.04 bits per heavy atom. The summed E-state index contributed by atoms with van der Waals surface area (Å²) in [5.74, 6) is 0.704. The third-order valence-electron chi connectivity index (χ3n) is 6.07. The molecule has 27 heavy (non-hydrogen) atoms. The zero-order valence-corrected chi connectivity index (χ0v) is 15.4. The van der Waals surface area contributed by atoms with Gasteiger partial charge in [-0.1, -0.05) is 0 Å². The van der Waals surface area contributed by atoms with E-state index in [1.54, 1.807) is 0 Å². The van der Waals surface area contributed by atoms with Gasteiger partial charge in [0.2, 0.25) is 11.9 Å². The number of alkyl halides is 2. The molecule has 1 N–H and O–H groups in total. The number of amides is 1. The summed E-state index contributed by atoms with van der Waals surface area (Å²) in [5.41, 5.74) is 0. The Hall–Kier alpha value is -1.77. The number of anilines is 1. The topological polar surface area (TPSA) is 72.3 Å². The van der Waals surface area contributed by atoms with E-state index in [1.807, 2.05) is 4.90 Å². The Labute approximate surface area is 157 Å². The first-order chi connectivity index (χ1) is 13.1. The molecule has 4 rings (SSSR count). The van der Waals surface area contributed by atoms with Gasteiger partial charge in [-0.15, -0.1) is 0 Å². The summed E-state index contributed by atoms with van der Waals surface area (Å²) in [6, 6.07) is -1.08. The van der Waals surface area contributed by atoms with Crippen LogP contribution in [-0.2, 0) is 9.53 Å². The van der Waals surface area contributed by atoms with Gasteiger partial charge in [-0.2, -0.15) is 10.1 Å². The molecule has 1 aromatic heterocycles. The lowest BCUT2D eigenvalue weighted by Gasteiger charge is -2.40. The van der Waals surface area contributed by atoms with Crippen LogP contribution in [0.15, 0.2) is 6.33 Å². The SMILES string of the molecule is O=C(CCC1CCCO1)N1CCCC([C@@H]2C[C@H](C(F)F)n3ncnc3N2)C1. The van der Waals surface area contributed by atoms with E-state index in [4.69, 9.17) is 4.74 Å². The maximum atomic E-state index is 13.5. The summed E-state index contributed by atoms with van der Waals surface area (Å²) in [7, 11) is 0. The van der Waals surface area contributed by atoms with Gasteiger partial charge in [-0.3, -0.25) is 4.79 Å². The smallest absolute Gasteiger partial charge is 0.260 e. The third-order valence-corrected chi connectivity index (χ3v) is 6.07. The quantitative estimate of drug-likeness (QED) is 0.846. The zero-order chi connectivity index (χ0) is 18.8. The molecule has 4 heterocycles. The Kier molecular flexibility index (Phi) is 5.56. The lowest BCUT2D eigenvalue weighted by Crippen LogP contribution is -2.48. The van der Waals surface area contributed by atoms with Gasteiger partial charge >= 0.3 is 0 Å². The zero-order valence-electron chi connectivity index (χ0n) is 15.4. The van der Waals surface area contributed by atoms with Gasteiger partial charge in [0, 0.05) is 32.2 Å². The molecule has 3 aliphatic heterocycles. The Morgan fingerprint density at radius 2 is 2.26 bits per heavy atom. The van der Waals surface area contributed by atoms with Gasteiger partial charge in [0.1, 0.15) is 12.4 Å². The summed E-state index contributed by atoms with van der Waals surface area (Å²) in [4.78, 5) is 18.6. The number of halogens is 2. The lowest BCUT2D eigenvalue weighted by molar-refractivity contribution is -0.133. The van der Waals surface area contributed by atoms with Crippen LogP contribution >= 0.6 is 0 Å². The second kappa shape index (κ2) is 8.08. The molecule has 9 heteroatoms. The molecule has 2 unspecified atom stereocenters. The van der Waals surface area contributed by atoms with E-state index in [0.29, 0.717) is 25.3 Å². The summed E-state index contributed by atoms with van der Waals surface area (Å²) in [5, 5.41) is 7.20. The monoisotopic (exact) mass is 383 g/mol. The van der Waals surface area contributed by atoms with Crippen molar-refractivity contribution in [2.24, 2.45) is 5.92 Å². The fraction of sp³-hybridized carbons (Fsp3) is 0.833. The molecular formula is C18H27F2N5O2. The maximum Gasteiger partial charge on any atom is 0.260 e. The van der Waals surface area contributed by atoms with E-state index in [-0.39, 0.29) is 24.0 Å². The van der Waals surface area contributed by atoms with Crippen molar-refractivity contribution in [1.82, 2.24) is 19.7 Å². The van der Waals surface area contributed by atoms with Crippen LogP contribution in [0.2, 0.25) is 0 Å². The lowest BCUT2D eigenvalue weighted by atomic mass is 9.86. The van der Waals surface area contributed by atoms with Gasteiger partial charge in [0.25, 0.3) is 6.43 Å². The van der Waals surface area contributed by atoms with E-state index in [0.717, 1.165) is 45.3 Å². The van der Waals surface area contributed by atoms with Gasteiger partial charge in [-0.25, -0.2) is 13.5 Å². The van der Waals surface area contributed by atoms with E-state index in [9.17, 15) is 13.6 Å². The summed E-state index contributed by atoms with van der Waals surface area (Å²) < 4.78 is 33.8. The molecule has 0 radical (unpaired) electrons. The minimum atomic E-state index is -2.48. The molecule has 0 bridgehead atoms. The molecule has 1 amide bonds. The van der Waals surface area contributed by atoms with Crippen molar-refractivity contribution < 1.29 is 18.3 Å². The first-order valence-electron chi connectivity index (χ1n) is 9.95. The van der Waals surface area contributed by atoms with E-state index < -0.39 is 12.5 Å².